The smallest absolute Gasteiger partial charge is 0.221 e. The van der Waals surface area contributed by atoms with Crippen molar-refractivity contribution in [2.45, 2.75) is 33.7 Å². The van der Waals surface area contributed by atoms with Crippen LogP contribution in [0.3, 0.4) is 0 Å². The van der Waals surface area contributed by atoms with Gasteiger partial charge >= 0.3 is 0 Å². The molecule has 1 unspecified atom stereocenters. The summed E-state index contributed by atoms with van der Waals surface area (Å²) < 4.78 is 5.44. The second-order valence-corrected chi connectivity index (χ2v) is 5.11. The summed E-state index contributed by atoms with van der Waals surface area (Å²) in [5, 5.41) is 3.39. The Hall–Kier alpha value is -0.970. The van der Waals surface area contributed by atoms with Gasteiger partial charge < -0.3 is 10.1 Å². The number of hydrogen-bond donors (Lipinski definition) is 1. The van der Waals surface area contributed by atoms with Gasteiger partial charge in [0.15, 0.2) is 0 Å². The highest BCUT2D eigenvalue weighted by molar-refractivity contribution is 7.99. The second-order valence-electron chi connectivity index (χ2n) is 3.79. The maximum Gasteiger partial charge on any atom is 0.221 e. The number of thioether (sulfide) groups is 1. The van der Waals surface area contributed by atoms with Gasteiger partial charge in [-0.05, 0) is 26.5 Å². The molecule has 17 heavy (non-hydrogen) atoms. The monoisotopic (exact) mass is 255 g/mol. The lowest BCUT2D eigenvalue weighted by Gasteiger charge is -2.16. The molecule has 0 aliphatic rings. The first kappa shape index (κ1) is 14.1. The van der Waals surface area contributed by atoms with Gasteiger partial charge in [-0.3, -0.25) is 0 Å². The van der Waals surface area contributed by atoms with Gasteiger partial charge in [-0.1, -0.05) is 6.92 Å². The predicted molar refractivity (Wildman–Crippen MR) is 74.0 cm³/mol. The van der Waals surface area contributed by atoms with Crippen molar-refractivity contribution in [3.8, 4) is 5.88 Å². The minimum absolute atomic E-state index is 0.392. The van der Waals surface area contributed by atoms with Crippen molar-refractivity contribution in [1.29, 1.82) is 0 Å². The number of anilines is 1. The molecule has 0 aromatic carbocycles. The summed E-state index contributed by atoms with van der Waals surface area (Å²) >= 11 is 1.92. The van der Waals surface area contributed by atoms with Crippen LogP contribution in [-0.4, -0.2) is 34.1 Å². The zero-order valence-corrected chi connectivity index (χ0v) is 11.8. The molecule has 96 valence electrons. The molecule has 0 amide bonds. The molecular weight excluding hydrogens is 234 g/mol. The van der Waals surface area contributed by atoms with Crippen molar-refractivity contribution >= 4 is 17.6 Å². The Morgan fingerprint density at radius 3 is 2.82 bits per heavy atom. The van der Waals surface area contributed by atoms with Crippen LogP contribution in [0.4, 0.5) is 5.82 Å². The molecule has 1 N–H and O–H groups in total. The fourth-order valence-electron chi connectivity index (χ4n) is 1.43. The Kier molecular flexibility index (Phi) is 6.11. The molecule has 1 atom stereocenters. The standard InChI is InChI=1S/C12H21N3OS/c1-5-16-12-10(4)11(13-8-14-12)15-9(3)7-17-6-2/h8-9H,5-7H2,1-4H3,(H,13,14,15). The molecule has 0 aliphatic carbocycles. The van der Waals surface area contributed by atoms with Gasteiger partial charge in [0.1, 0.15) is 12.1 Å². The summed E-state index contributed by atoms with van der Waals surface area (Å²) in [6.45, 7) is 8.88. The Bertz CT molecular complexity index is 347. The van der Waals surface area contributed by atoms with E-state index in [-0.39, 0.29) is 0 Å². The van der Waals surface area contributed by atoms with E-state index in [0.717, 1.165) is 22.9 Å². The summed E-state index contributed by atoms with van der Waals surface area (Å²) in [4.78, 5) is 8.38. The van der Waals surface area contributed by atoms with Crippen molar-refractivity contribution in [2.75, 3.05) is 23.4 Å². The Morgan fingerprint density at radius 1 is 1.41 bits per heavy atom. The van der Waals surface area contributed by atoms with Gasteiger partial charge in [0.25, 0.3) is 0 Å². The van der Waals surface area contributed by atoms with Crippen LogP contribution < -0.4 is 10.1 Å². The largest absolute Gasteiger partial charge is 0.478 e. The van der Waals surface area contributed by atoms with Gasteiger partial charge in [0.2, 0.25) is 5.88 Å². The van der Waals surface area contributed by atoms with Crippen molar-refractivity contribution in [3.05, 3.63) is 11.9 Å². The van der Waals surface area contributed by atoms with E-state index < -0.39 is 0 Å². The minimum atomic E-state index is 0.392. The molecular formula is C12H21N3OS. The van der Waals surface area contributed by atoms with Crippen molar-refractivity contribution in [3.63, 3.8) is 0 Å². The van der Waals surface area contributed by atoms with Gasteiger partial charge in [0.05, 0.1) is 12.2 Å². The molecule has 0 saturated carbocycles. The van der Waals surface area contributed by atoms with E-state index in [1.807, 2.05) is 25.6 Å². The summed E-state index contributed by atoms with van der Waals surface area (Å²) in [6.07, 6.45) is 1.54. The van der Waals surface area contributed by atoms with E-state index in [9.17, 15) is 0 Å². The molecule has 1 aromatic heterocycles. The quantitative estimate of drug-likeness (QED) is 0.811. The van der Waals surface area contributed by atoms with Crippen LogP contribution in [-0.2, 0) is 0 Å². The predicted octanol–water partition coefficient (Wildman–Crippen LogP) is 2.74. The van der Waals surface area contributed by atoms with Crippen LogP contribution in [0.5, 0.6) is 5.88 Å². The molecule has 0 fully saturated rings. The Morgan fingerprint density at radius 2 is 2.18 bits per heavy atom. The number of nitrogens with zero attached hydrogens (tertiary/aromatic N) is 2. The third kappa shape index (κ3) is 4.42. The Labute approximate surface area is 108 Å². The van der Waals surface area contributed by atoms with Gasteiger partial charge in [-0.15, -0.1) is 0 Å². The fourth-order valence-corrected chi connectivity index (χ4v) is 2.10. The molecule has 0 aliphatic heterocycles. The molecule has 0 saturated heterocycles. The van der Waals surface area contributed by atoms with Crippen LogP contribution in [0.15, 0.2) is 6.33 Å². The molecule has 0 radical (unpaired) electrons. The fraction of sp³-hybridized carbons (Fsp3) is 0.667. The van der Waals surface area contributed by atoms with Gasteiger partial charge in [-0.2, -0.15) is 11.8 Å². The molecule has 4 nitrogen and oxygen atoms in total. The number of nitrogens with one attached hydrogen (secondary N) is 1. The average Bonchev–Trinajstić information content (AvgIpc) is 2.32. The molecule has 5 heteroatoms. The third-order valence-electron chi connectivity index (χ3n) is 2.27. The lowest BCUT2D eigenvalue weighted by Crippen LogP contribution is -2.20. The van der Waals surface area contributed by atoms with E-state index in [0.29, 0.717) is 18.5 Å². The van der Waals surface area contributed by atoms with E-state index in [4.69, 9.17) is 4.74 Å². The molecule has 1 rings (SSSR count). The van der Waals surface area contributed by atoms with Crippen LogP contribution in [0.2, 0.25) is 0 Å². The average molecular weight is 255 g/mol. The molecule has 0 bridgehead atoms. The second kappa shape index (κ2) is 7.37. The summed E-state index contributed by atoms with van der Waals surface area (Å²) in [6, 6.07) is 0.392. The van der Waals surface area contributed by atoms with E-state index in [1.54, 1.807) is 6.33 Å². The lowest BCUT2D eigenvalue weighted by atomic mass is 10.3. The van der Waals surface area contributed by atoms with E-state index >= 15 is 0 Å². The first-order chi connectivity index (χ1) is 8.19. The zero-order chi connectivity index (χ0) is 12.7. The van der Waals surface area contributed by atoms with E-state index in [2.05, 4.69) is 29.1 Å². The SMILES string of the molecule is CCOc1ncnc(NC(C)CSCC)c1C. The van der Waals surface area contributed by atoms with Crippen LogP contribution >= 0.6 is 11.8 Å². The zero-order valence-electron chi connectivity index (χ0n) is 11.0. The van der Waals surface area contributed by atoms with E-state index in [1.165, 1.54) is 0 Å². The number of rotatable bonds is 7. The molecule has 1 aromatic rings. The number of ether oxygens (including phenoxy) is 1. The summed E-state index contributed by atoms with van der Waals surface area (Å²) in [7, 11) is 0. The number of aromatic nitrogens is 2. The van der Waals surface area contributed by atoms with Crippen molar-refractivity contribution in [2.24, 2.45) is 0 Å². The van der Waals surface area contributed by atoms with Crippen LogP contribution in [0.25, 0.3) is 0 Å². The highest BCUT2D eigenvalue weighted by atomic mass is 32.2. The summed E-state index contributed by atoms with van der Waals surface area (Å²) in [5.74, 6) is 3.75. The molecule has 1 heterocycles. The van der Waals surface area contributed by atoms with Crippen LogP contribution in [0.1, 0.15) is 26.3 Å². The van der Waals surface area contributed by atoms with Crippen molar-refractivity contribution in [1.82, 2.24) is 9.97 Å². The molecule has 0 spiro atoms. The minimum Gasteiger partial charge on any atom is -0.478 e. The maximum absolute atomic E-state index is 5.44. The number of hydrogen-bond acceptors (Lipinski definition) is 5. The third-order valence-corrected chi connectivity index (χ3v) is 3.42. The first-order valence-electron chi connectivity index (χ1n) is 5.97. The Balaban J connectivity index is 2.67. The topological polar surface area (TPSA) is 47.0 Å². The maximum atomic E-state index is 5.44. The highest BCUT2D eigenvalue weighted by Crippen LogP contribution is 2.21. The summed E-state index contributed by atoms with van der Waals surface area (Å²) in [5.41, 5.74) is 0.975. The van der Waals surface area contributed by atoms with Crippen LogP contribution in [0, 0.1) is 6.92 Å². The highest BCUT2D eigenvalue weighted by Gasteiger charge is 2.10. The first-order valence-corrected chi connectivity index (χ1v) is 7.13. The lowest BCUT2D eigenvalue weighted by molar-refractivity contribution is 0.324. The normalized spacial score (nSPS) is 12.2. The van der Waals surface area contributed by atoms with Gasteiger partial charge in [0, 0.05) is 11.8 Å². The van der Waals surface area contributed by atoms with Crippen molar-refractivity contribution < 1.29 is 4.74 Å². The van der Waals surface area contributed by atoms with Gasteiger partial charge in [-0.25, -0.2) is 9.97 Å².